The topological polar surface area (TPSA) is 20.3 Å². The van der Waals surface area contributed by atoms with E-state index in [-0.39, 0.29) is 5.91 Å². The van der Waals surface area contributed by atoms with Crippen LogP contribution in [0.4, 0.5) is 0 Å². The van der Waals surface area contributed by atoms with Crippen LogP contribution in [0.1, 0.15) is 30.1 Å². The van der Waals surface area contributed by atoms with Gasteiger partial charge in [-0.15, -0.1) is 11.3 Å². The Labute approximate surface area is 97.1 Å². The molecule has 0 bridgehead atoms. The van der Waals surface area contributed by atoms with E-state index in [0.717, 1.165) is 28.7 Å². The summed E-state index contributed by atoms with van der Waals surface area (Å²) in [4.78, 5) is 13.6. The first-order chi connectivity index (χ1) is 6.65. The van der Waals surface area contributed by atoms with Crippen LogP contribution in [0.3, 0.4) is 0 Å². The zero-order valence-corrected chi connectivity index (χ0v) is 10.8. The van der Waals surface area contributed by atoms with E-state index in [4.69, 9.17) is 0 Å². The molecule has 0 N–H and O–H groups in total. The fourth-order valence-electron chi connectivity index (χ4n) is 1.14. The van der Waals surface area contributed by atoms with E-state index in [9.17, 15) is 4.79 Å². The minimum atomic E-state index is 0.111. The molecular weight excluding hydrogens is 262 g/mol. The molecule has 0 aliphatic heterocycles. The molecule has 0 radical (unpaired) electrons. The zero-order valence-electron chi connectivity index (χ0n) is 8.42. The summed E-state index contributed by atoms with van der Waals surface area (Å²) in [5.41, 5.74) is 0.778. The van der Waals surface area contributed by atoms with Crippen LogP contribution in [0.2, 0.25) is 0 Å². The van der Waals surface area contributed by atoms with Crippen LogP contribution >= 0.6 is 27.3 Å². The summed E-state index contributed by atoms with van der Waals surface area (Å²) in [5.74, 6) is 0.111. The number of nitrogens with zero attached hydrogens (tertiary/aromatic N) is 1. The fourth-order valence-corrected chi connectivity index (χ4v) is 2.27. The monoisotopic (exact) mass is 275 g/mol. The highest BCUT2D eigenvalue weighted by Gasteiger charge is 2.12. The molecule has 1 rings (SSSR count). The van der Waals surface area contributed by atoms with Crippen LogP contribution in [0.25, 0.3) is 0 Å². The van der Waals surface area contributed by atoms with Gasteiger partial charge in [0.15, 0.2) is 0 Å². The van der Waals surface area contributed by atoms with Crippen LogP contribution in [0.5, 0.6) is 0 Å². The molecule has 0 fully saturated rings. The first-order valence-corrected chi connectivity index (χ1v) is 6.32. The Bertz CT molecular complexity index is 311. The van der Waals surface area contributed by atoms with Crippen molar-refractivity contribution >= 4 is 33.2 Å². The molecule has 1 aromatic heterocycles. The average molecular weight is 276 g/mol. The summed E-state index contributed by atoms with van der Waals surface area (Å²) in [7, 11) is 1.85. The number of thiophene rings is 1. The second-order valence-corrected chi connectivity index (χ2v) is 5.51. The molecular formula is C10H14BrNOS. The normalized spacial score (nSPS) is 10.2. The number of hydrogen-bond acceptors (Lipinski definition) is 2. The molecule has 0 unspecified atom stereocenters. The highest BCUT2D eigenvalue weighted by atomic mass is 79.9. The third kappa shape index (κ3) is 3.10. The number of unbranched alkanes of at least 4 members (excludes halogenated alkanes) is 1. The van der Waals surface area contributed by atoms with Crippen LogP contribution < -0.4 is 0 Å². The molecule has 0 spiro atoms. The van der Waals surface area contributed by atoms with Gasteiger partial charge in [-0.3, -0.25) is 4.79 Å². The molecule has 1 amide bonds. The van der Waals surface area contributed by atoms with Crippen molar-refractivity contribution in [1.29, 1.82) is 0 Å². The highest BCUT2D eigenvalue weighted by Crippen LogP contribution is 2.21. The van der Waals surface area contributed by atoms with Crippen LogP contribution in [-0.2, 0) is 0 Å². The highest BCUT2D eigenvalue weighted by molar-refractivity contribution is 9.11. The van der Waals surface area contributed by atoms with Crippen molar-refractivity contribution in [1.82, 2.24) is 4.90 Å². The Kier molecular flexibility index (Phi) is 4.62. The van der Waals surface area contributed by atoms with E-state index >= 15 is 0 Å². The van der Waals surface area contributed by atoms with Crippen molar-refractivity contribution in [2.75, 3.05) is 13.6 Å². The van der Waals surface area contributed by atoms with Gasteiger partial charge in [-0.1, -0.05) is 13.3 Å². The number of halogens is 1. The van der Waals surface area contributed by atoms with Crippen LogP contribution in [0, 0.1) is 0 Å². The van der Waals surface area contributed by atoms with Gasteiger partial charge < -0.3 is 4.90 Å². The Balaban J connectivity index is 2.56. The molecule has 0 aliphatic rings. The minimum absolute atomic E-state index is 0.111. The number of carbonyl (C=O) groups is 1. The summed E-state index contributed by atoms with van der Waals surface area (Å²) >= 11 is 4.89. The Morgan fingerprint density at radius 1 is 1.64 bits per heavy atom. The SMILES string of the molecule is CCCCN(C)C(=O)c1csc(Br)c1. The zero-order chi connectivity index (χ0) is 10.6. The lowest BCUT2D eigenvalue weighted by Gasteiger charge is -2.15. The third-order valence-corrected chi connectivity index (χ3v) is 3.51. The molecule has 0 saturated heterocycles. The van der Waals surface area contributed by atoms with E-state index in [0.29, 0.717) is 0 Å². The van der Waals surface area contributed by atoms with E-state index in [1.54, 1.807) is 16.2 Å². The number of hydrogen-bond donors (Lipinski definition) is 0. The van der Waals surface area contributed by atoms with E-state index < -0.39 is 0 Å². The Morgan fingerprint density at radius 2 is 2.36 bits per heavy atom. The van der Waals surface area contributed by atoms with Gasteiger partial charge in [-0.2, -0.15) is 0 Å². The number of carbonyl (C=O) groups excluding carboxylic acids is 1. The summed E-state index contributed by atoms with van der Waals surface area (Å²) in [5, 5.41) is 1.88. The first-order valence-electron chi connectivity index (χ1n) is 4.64. The van der Waals surface area contributed by atoms with Crippen molar-refractivity contribution < 1.29 is 4.79 Å². The van der Waals surface area contributed by atoms with Gasteiger partial charge in [0.25, 0.3) is 5.91 Å². The van der Waals surface area contributed by atoms with Crippen molar-refractivity contribution in [3.63, 3.8) is 0 Å². The molecule has 0 atom stereocenters. The maximum absolute atomic E-state index is 11.8. The minimum Gasteiger partial charge on any atom is -0.342 e. The summed E-state index contributed by atoms with van der Waals surface area (Å²) in [6.07, 6.45) is 2.18. The lowest BCUT2D eigenvalue weighted by atomic mass is 10.2. The molecule has 1 heterocycles. The van der Waals surface area contributed by atoms with Gasteiger partial charge in [0.1, 0.15) is 0 Å². The van der Waals surface area contributed by atoms with Gasteiger partial charge >= 0.3 is 0 Å². The predicted molar refractivity (Wildman–Crippen MR) is 63.9 cm³/mol. The molecule has 0 saturated carbocycles. The maximum Gasteiger partial charge on any atom is 0.254 e. The van der Waals surface area contributed by atoms with Crippen molar-refractivity contribution in [2.45, 2.75) is 19.8 Å². The predicted octanol–water partition coefficient (Wildman–Crippen LogP) is 3.38. The molecule has 78 valence electrons. The average Bonchev–Trinajstić information content (AvgIpc) is 2.60. The first kappa shape index (κ1) is 11.7. The second-order valence-electron chi connectivity index (χ2n) is 3.22. The quantitative estimate of drug-likeness (QED) is 0.825. The summed E-state index contributed by atoms with van der Waals surface area (Å²) in [6.45, 7) is 2.96. The van der Waals surface area contributed by atoms with Gasteiger partial charge in [0.2, 0.25) is 0 Å². The van der Waals surface area contributed by atoms with Gasteiger partial charge in [0, 0.05) is 19.0 Å². The van der Waals surface area contributed by atoms with E-state index in [2.05, 4.69) is 22.9 Å². The Morgan fingerprint density at radius 3 is 2.86 bits per heavy atom. The van der Waals surface area contributed by atoms with Crippen LogP contribution in [-0.4, -0.2) is 24.4 Å². The van der Waals surface area contributed by atoms with Gasteiger partial charge in [-0.25, -0.2) is 0 Å². The fraction of sp³-hybridized carbons (Fsp3) is 0.500. The summed E-state index contributed by atoms with van der Waals surface area (Å²) in [6, 6.07) is 1.87. The molecule has 0 aromatic carbocycles. The molecule has 4 heteroatoms. The second kappa shape index (κ2) is 5.51. The lowest BCUT2D eigenvalue weighted by molar-refractivity contribution is 0.0794. The number of rotatable bonds is 4. The van der Waals surface area contributed by atoms with Gasteiger partial charge in [0.05, 0.1) is 9.35 Å². The summed E-state index contributed by atoms with van der Waals surface area (Å²) < 4.78 is 1.00. The smallest absolute Gasteiger partial charge is 0.254 e. The molecule has 2 nitrogen and oxygen atoms in total. The van der Waals surface area contributed by atoms with Crippen molar-refractivity contribution in [3.05, 3.63) is 20.8 Å². The van der Waals surface area contributed by atoms with Crippen molar-refractivity contribution in [3.8, 4) is 0 Å². The molecule has 0 aliphatic carbocycles. The third-order valence-electron chi connectivity index (χ3n) is 2.01. The largest absolute Gasteiger partial charge is 0.342 e. The Hall–Kier alpha value is -0.350. The van der Waals surface area contributed by atoms with E-state index in [1.807, 2.05) is 18.5 Å². The maximum atomic E-state index is 11.8. The standard InChI is InChI=1S/C10H14BrNOS/c1-3-4-5-12(2)10(13)8-6-9(11)14-7-8/h6-7H,3-5H2,1-2H3. The van der Waals surface area contributed by atoms with E-state index in [1.165, 1.54) is 0 Å². The molecule has 1 aromatic rings. The number of amides is 1. The molecule has 14 heavy (non-hydrogen) atoms. The van der Waals surface area contributed by atoms with Crippen molar-refractivity contribution in [2.24, 2.45) is 0 Å². The van der Waals surface area contributed by atoms with Crippen LogP contribution in [0.15, 0.2) is 15.2 Å². The van der Waals surface area contributed by atoms with Gasteiger partial charge in [-0.05, 0) is 28.4 Å². The lowest BCUT2D eigenvalue weighted by Crippen LogP contribution is -2.27.